The van der Waals surface area contributed by atoms with Crippen LogP contribution in [0.1, 0.15) is 31.2 Å². The maximum Gasteiger partial charge on any atom is 0.224 e. The molecular weight excluding hydrogens is 294 g/mol. The Morgan fingerprint density at radius 3 is 2.61 bits per heavy atom. The van der Waals surface area contributed by atoms with E-state index in [2.05, 4.69) is 21.2 Å². The predicted molar refractivity (Wildman–Crippen MR) is 74.3 cm³/mol. The van der Waals surface area contributed by atoms with E-state index in [0.717, 1.165) is 35.7 Å². The smallest absolute Gasteiger partial charge is 0.224 e. The van der Waals surface area contributed by atoms with Gasteiger partial charge in [-0.1, -0.05) is 40.9 Å². The molecule has 0 aliphatic heterocycles. The maximum absolute atomic E-state index is 11.9. The van der Waals surface area contributed by atoms with Crippen molar-refractivity contribution in [2.24, 2.45) is 0 Å². The van der Waals surface area contributed by atoms with Gasteiger partial charge < -0.3 is 10.4 Å². The highest BCUT2D eigenvalue weighted by Crippen LogP contribution is 2.18. The van der Waals surface area contributed by atoms with Crippen molar-refractivity contribution in [1.29, 1.82) is 0 Å². The first kappa shape index (κ1) is 13.6. The third-order valence-corrected chi connectivity index (χ3v) is 3.88. The molecule has 1 aliphatic carbocycles. The van der Waals surface area contributed by atoms with Gasteiger partial charge in [-0.2, -0.15) is 0 Å². The number of hydrogen-bond donors (Lipinski definition) is 2. The van der Waals surface area contributed by atoms with Crippen LogP contribution in [0, 0.1) is 0 Å². The topological polar surface area (TPSA) is 49.3 Å². The summed E-state index contributed by atoms with van der Waals surface area (Å²) in [5, 5.41) is 12.7. The summed E-state index contributed by atoms with van der Waals surface area (Å²) in [5.41, 5.74) is 0.987. The minimum atomic E-state index is -0.382. The van der Waals surface area contributed by atoms with Crippen molar-refractivity contribution in [2.75, 3.05) is 0 Å². The monoisotopic (exact) mass is 311 g/mol. The van der Waals surface area contributed by atoms with Crippen molar-refractivity contribution in [1.82, 2.24) is 5.32 Å². The molecule has 18 heavy (non-hydrogen) atoms. The van der Waals surface area contributed by atoms with E-state index < -0.39 is 0 Å². The van der Waals surface area contributed by atoms with Gasteiger partial charge in [-0.3, -0.25) is 4.79 Å². The van der Waals surface area contributed by atoms with Gasteiger partial charge in [0.1, 0.15) is 0 Å². The molecule has 4 heteroatoms. The van der Waals surface area contributed by atoms with E-state index in [9.17, 15) is 9.90 Å². The second-order valence-corrected chi connectivity index (χ2v) is 5.74. The third-order valence-electron chi connectivity index (χ3n) is 3.35. The Kier molecular flexibility index (Phi) is 4.78. The molecule has 0 heterocycles. The highest BCUT2D eigenvalue weighted by molar-refractivity contribution is 9.10. The lowest BCUT2D eigenvalue weighted by atomic mass is 9.92. The first-order valence-corrected chi connectivity index (χ1v) is 7.16. The summed E-state index contributed by atoms with van der Waals surface area (Å²) in [7, 11) is 0. The molecule has 2 N–H and O–H groups in total. The van der Waals surface area contributed by atoms with Gasteiger partial charge in [0.15, 0.2) is 0 Å². The minimum Gasteiger partial charge on any atom is -0.391 e. The van der Waals surface area contributed by atoms with Gasteiger partial charge in [0.05, 0.1) is 18.6 Å². The first-order valence-electron chi connectivity index (χ1n) is 6.37. The Morgan fingerprint density at radius 2 is 1.94 bits per heavy atom. The predicted octanol–water partition coefficient (Wildman–Crippen LogP) is 2.41. The van der Waals surface area contributed by atoms with Gasteiger partial charge in [-0.15, -0.1) is 0 Å². The fourth-order valence-corrected chi connectivity index (χ4v) is 2.59. The van der Waals surface area contributed by atoms with Crippen LogP contribution in [-0.2, 0) is 11.2 Å². The van der Waals surface area contributed by atoms with Crippen molar-refractivity contribution in [3.63, 3.8) is 0 Å². The normalized spacial score (nSPS) is 23.7. The van der Waals surface area contributed by atoms with Crippen molar-refractivity contribution in [3.05, 3.63) is 34.3 Å². The number of amides is 1. The van der Waals surface area contributed by atoms with Gasteiger partial charge in [-0.25, -0.2) is 0 Å². The lowest BCUT2D eigenvalue weighted by Gasteiger charge is -2.28. The van der Waals surface area contributed by atoms with E-state index in [0.29, 0.717) is 6.42 Å². The first-order chi connectivity index (χ1) is 8.65. The number of aliphatic hydroxyl groups excluding tert-OH is 1. The lowest BCUT2D eigenvalue weighted by molar-refractivity contribution is -0.122. The van der Waals surface area contributed by atoms with Gasteiger partial charge in [0.2, 0.25) is 5.91 Å². The van der Waals surface area contributed by atoms with Gasteiger partial charge in [0.25, 0.3) is 0 Å². The number of benzene rings is 1. The summed E-state index contributed by atoms with van der Waals surface area (Å²) in [6.07, 6.45) is 3.81. The molecule has 0 spiro atoms. The molecule has 0 saturated heterocycles. The SMILES string of the molecule is O=C(Cc1ccc(Br)cc1)N[C@@H]1CCCC[C@H]1O. The lowest BCUT2D eigenvalue weighted by Crippen LogP contribution is -2.45. The third kappa shape index (κ3) is 3.82. The second kappa shape index (κ2) is 6.34. The number of carbonyl (C=O) groups is 1. The molecular formula is C14H18BrNO2. The van der Waals surface area contributed by atoms with Gasteiger partial charge in [0, 0.05) is 4.47 Å². The molecule has 98 valence electrons. The molecule has 0 bridgehead atoms. The number of nitrogens with one attached hydrogen (secondary N) is 1. The molecule has 1 aliphatic rings. The number of halogens is 1. The summed E-state index contributed by atoms with van der Waals surface area (Å²) in [6.45, 7) is 0. The van der Waals surface area contributed by atoms with Crippen LogP contribution in [0.5, 0.6) is 0 Å². The van der Waals surface area contributed by atoms with E-state index in [4.69, 9.17) is 0 Å². The maximum atomic E-state index is 11.9. The average Bonchev–Trinajstić information content (AvgIpc) is 2.35. The Labute approximate surface area is 116 Å². The van der Waals surface area contributed by atoms with Crippen LogP contribution >= 0.6 is 15.9 Å². The van der Waals surface area contributed by atoms with Crippen LogP contribution in [0.2, 0.25) is 0 Å². The molecule has 0 aromatic heterocycles. The van der Waals surface area contributed by atoms with E-state index >= 15 is 0 Å². The molecule has 1 aromatic rings. The van der Waals surface area contributed by atoms with Gasteiger partial charge in [-0.05, 0) is 30.5 Å². The fourth-order valence-electron chi connectivity index (χ4n) is 2.33. The molecule has 1 aromatic carbocycles. The molecule has 0 unspecified atom stereocenters. The van der Waals surface area contributed by atoms with Crippen LogP contribution in [0.4, 0.5) is 0 Å². The van der Waals surface area contributed by atoms with Crippen molar-refractivity contribution in [3.8, 4) is 0 Å². The molecule has 0 radical (unpaired) electrons. The van der Waals surface area contributed by atoms with Crippen molar-refractivity contribution in [2.45, 2.75) is 44.2 Å². The molecule has 3 nitrogen and oxygen atoms in total. The molecule has 2 atom stereocenters. The Balaban J connectivity index is 1.86. The highest BCUT2D eigenvalue weighted by atomic mass is 79.9. The van der Waals surface area contributed by atoms with E-state index in [1.54, 1.807) is 0 Å². The van der Waals surface area contributed by atoms with E-state index in [-0.39, 0.29) is 18.1 Å². The van der Waals surface area contributed by atoms with Crippen molar-refractivity contribution < 1.29 is 9.90 Å². The zero-order valence-corrected chi connectivity index (χ0v) is 11.8. The Morgan fingerprint density at radius 1 is 1.28 bits per heavy atom. The Bertz CT molecular complexity index is 405. The van der Waals surface area contributed by atoms with Crippen molar-refractivity contribution >= 4 is 21.8 Å². The molecule has 2 rings (SSSR count). The number of carbonyl (C=O) groups excluding carboxylic acids is 1. The highest BCUT2D eigenvalue weighted by Gasteiger charge is 2.24. The fraction of sp³-hybridized carbons (Fsp3) is 0.500. The zero-order chi connectivity index (χ0) is 13.0. The molecule has 1 amide bonds. The van der Waals surface area contributed by atoms with Gasteiger partial charge >= 0.3 is 0 Å². The quantitative estimate of drug-likeness (QED) is 0.900. The standard InChI is InChI=1S/C14H18BrNO2/c15-11-7-5-10(6-8-11)9-14(18)16-12-3-1-2-4-13(12)17/h5-8,12-13,17H,1-4,9H2,(H,16,18)/t12-,13-/m1/s1. The molecule has 1 fully saturated rings. The van der Waals surface area contributed by atoms with E-state index in [1.165, 1.54) is 0 Å². The zero-order valence-electron chi connectivity index (χ0n) is 10.2. The summed E-state index contributed by atoms with van der Waals surface area (Å²) < 4.78 is 1.01. The van der Waals surface area contributed by atoms with E-state index in [1.807, 2.05) is 24.3 Å². The summed E-state index contributed by atoms with van der Waals surface area (Å²) in [4.78, 5) is 11.9. The number of aliphatic hydroxyl groups is 1. The van der Waals surface area contributed by atoms with Crippen LogP contribution in [-0.4, -0.2) is 23.2 Å². The average molecular weight is 312 g/mol. The Hall–Kier alpha value is -0.870. The van der Waals surface area contributed by atoms with Crippen LogP contribution in [0.15, 0.2) is 28.7 Å². The molecule has 1 saturated carbocycles. The van der Waals surface area contributed by atoms with Crippen LogP contribution in [0.3, 0.4) is 0 Å². The summed E-state index contributed by atoms with van der Waals surface area (Å²) in [5.74, 6) is -0.0109. The number of hydrogen-bond acceptors (Lipinski definition) is 2. The second-order valence-electron chi connectivity index (χ2n) is 4.83. The summed E-state index contributed by atoms with van der Waals surface area (Å²) >= 11 is 3.37. The largest absolute Gasteiger partial charge is 0.391 e. The van der Waals surface area contributed by atoms with Crippen LogP contribution in [0.25, 0.3) is 0 Å². The minimum absolute atomic E-state index is 0.0109. The number of rotatable bonds is 3. The van der Waals surface area contributed by atoms with Crippen LogP contribution < -0.4 is 5.32 Å². The summed E-state index contributed by atoms with van der Waals surface area (Å²) in [6, 6.07) is 7.65.